The summed E-state index contributed by atoms with van der Waals surface area (Å²) in [6.45, 7) is 7.17. The monoisotopic (exact) mass is 180 g/mol. The van der Waals surface area contributed by atoms with Crippen molar-refractivity contribution in [1.82, 2.24) is 0 Å². The molecule has 0 radical (unpaired) electrons. The minimum absolute atomic E-state index is 0.352. The molecule has 0 aromatic carbocycles. The Hall–Kier alpha value is -0.0400. The molecule has 3 aliphatic rings. The predicted octanol–water partition coefficient (Wildman–Crippen LogP) is 3.13. The summed E-state index contributed by atoms with van der Waals surface area (Å²) in [5.74, 6) is 0.791. The van der Waals surface area contributed by atoms with Gasteiger partial charge in [0.1, 0.15) is 11.2 Å². The van der Waals surface area contributed by atoms with E-state index in [0.717, 1.165) is 5.92 Å². The molecule has 3 fully saturated rings. The average Bonchev–Trinajstić information content (AvgIpc) is 2.83. The Morgan fingerprint density at radius 3 is 2.00 bits per heavy atom. The van der Waals surface area contributed by atoms with Crippen molar-refractivity contribution in [2.45, 2.75) is 64.1 Å². The zero-order chi connectivity index (χ0) is 9.32. The molecule has 0 aromatic rings. The third-order valence-electron chi connectivity index (χ3n) is 5.29. The van der Waals surface area contributed by atoms with Crippen molar-refractivity contribution >= 4 is 0 Å². The number of hydrogen-bond acceptors (Lipinski definition) is 1. The molecule has 13 heavy (non-hydrogen) atoms. The van der Waals surface area contributed by atoms with Gasteiger partial charge < -0.3 is 4.74 Å². The van der Waals surface area contributed by atoms with E-state index in [2.05, 4.69) is 20.8 Å². The number of ether oxygens (including phenoxy) is 1. The van der Waals surface area contributed by atoms with E-state index in [-0.39, 0.29) is 0 Å². The molecule has 0 N–H and O–H groups in total. The summed E-state index contributed by atoms with van der Waals surface area (Å²) >= 11 is 0. The van der Waals surface area contributed by atoms with E-state index in [0.29, 0.717) is 16.6 Å². The molecule has 2 saturated carbocycles. The lowest BCUT2D eigenvalue weighted by Gasteiger charge is -2.30. The van der Waals surface area contributed by atoms with E-state index in [9.17, 15) is 0 Å². The highest BCUT2D eigenvalue weighted by Crippen LogP contribution is 2.89. The molecule has 1 heterocycles. The number of epoxide rings is 1. The van der Waals surface area contributed by atoms with Crippen LogP contribution in [0.2, 0.25) is 0 Å². The third kappa shape index (κ3) is 0.587. The first-order valence-electron chi connectivity index (χ1n) is 5.81. The maximum absolute atomic E-state index is 6.00. The maximum atomic E-state index is 6.00. The van der Waals surface area contributed by atoms with Crippen LogP contribution >= 0.6 is 0 Å². The molecule has 2 unspecified atom stereocenters. The van der Waals surface area contributed by atoms with Crippen molar-refractivity contribution in [2.75, 3.05) is 0 Å². The summed E-state index contributed by atoms with van der Waals surface area (Å²) in [6.07, 6.45) is 6.89. The number of hydrogen-bond donors (Lipinski definition) is 0. The van der Waals surface area contributed by atoms with Crippen molar-refractivity contribution in [2.24, 2.45) is 11.3 Å². The van der Waals surface area contributed by atoms with Gasteiger partial charge in [-0.1, -0.05) is 40.0 Å². The van der Waals surface area contributed by atoms with Crippen molar-refractivity contribution < 1.29 is 4.74 Å². The van der Waals surface area contributed by atoms with E-state index < -0.39 is 0 Å². The lowest BCUT2D eigenvalue weighted by molar-refractivity contribution is -0.00760. The van der Waals surface area contributed by atoms with Crippen LogP contribution in [0, 0.1) is 11.3 Å². The van der Waals surface area contributed by atoms with Gasteiger partial charge in [-0.25, -0.2) is 0 Å². The van der Waals surface area contributed by atoms with Crippen LogP contribution < -0.4 is 0 Å². The first kappa shape index (κ1) is 8.28. The fourth-order valence-electron chi connectivity index (χ4n) is 4.15. The van der Waals surface area contributed by atoms with Crippen LogP contribution in [0.1, 0.15) is 52.9 Å². The Labute approximate surface area is 80.8 Å². The minimum Gasteiger partial charge on any atom is -0.361 e. The standard InChI is InChI=1S/C12H20O/c1-9(2)10(3)11-7-5-4-6-8-12(10,11)13-11/h9H,4-8H2,1-3H3. The first-order chi connectivity index (χ1) is 6.11. The highest BCUT2D eigenvalue weighted by molar-refractivity contribution is 5.47. The highest BCUT2D eigenvalue weighted by atomic mass is 16.7. The summed E-state index contributed by atoms with van der Waals surface area (Å²) in [6, 6.07) is 0. The first-order valence-corrected chi connectivity index (χ1v) is 5.81. The van der Waals surface area contributed by atoms with E-state index in [1.165, 1.54) is 32.1 Å². The molecule has 3 rings (SSSR count). The fourth-order valence-corrected chi connectivity index (χ4v) is 4.15. The Kier molecular flexibility index (Phi) is 1.26. The van der Waals surface area contributed by atoms with Gasteiger partial charge >= 0.3 is 0 Å². The van der Waals surface area contributed by atoms with Crippen LogP contribution in [0.5, 0.6) is 0 Å². The van der Waals surface area contributed by atoms with Gasteiger partial charge in [0.2, 0.25) is 0 Å². The molecule has 0 bridgehead atoms. The van der Waals surface area contributed by atoms with Crippen molar-refractivity contribution in [1.29, 1.82) is 0 Å². The summed E-state index contributed by atoms with van der Waals surface area (Å²) in [4.78, 5) is 0. The summed E-state index contributed by atoms with van der Waals surface area (Å²) in [5.41, 5.74) is 1.23. The van der Waals surface area contributed by atoms with Gasteiger partial charge in [-0.15, -0.1) is 0 Å². The second-order valence-corrected chi connectivity index (χ2v) is 5.67. The van der Waals surface area contributed by atoms with Crippen molar-refractivity contribution in [3.8, 4) is 0 Å². The zero-order valence-electron chi connectivity index (χ0n) is 9.02. The molecule has 0 aromatic heterocycles. The van der Waals surface area contributed by atoms with Gasteiger partial charge in [-0.2, -0.15) is 0 Å². The molecular formula is C12H20O. The van der Waals surface area contributed by atoms with E-state index in [1.54, 1.807) is 0 Å². The molecule has 1 saturated heterocycles. The Morgan fingerprint density at radius 1 is 1.00 bits per heavy atom. The third-order valence-corrected chi connectivity index (χ3v) is 5.29. The van der Waals surface area contributed by atoms with Gasteiger partial charge in [-0.05, 0) is 18.8 Å². The molecular weight excluding hydrogens is 160 g/mol. The summed E-state index contributed by atoms with van der Waals surface area (Å²) in [7, 11) is 0. The molecule has 1 heteroatoms. The number of rotatable bonds is 1. The topological polar surface area (TPSA) is 12.5 Å². The van der Waals surface area contributed by atoms with Gasteiger partial charge in [-0.3, -0.25) is 0 Å². The summed E-state index contributed by atoms with van der Waals surface area (Å²) < 4.78 is 6.00. The van der Waals surface area contributed by atoms with Gasteiger partial charge in [0.25, 0.3) is 0 Å². The lowest BCUT2D eigenvalue weighted by atomic mass is 9.83. The molecule has 74 valence electrons. The fraction of sp³-hybridized carbons (Fsp3) is 1.00. The quantitative estimate of drug-likeness (QED) is 0.565. The van der Waals surface area contributed by atoms with Crippen molar-refractivity contribution in [3.05, 3.63) is 0 Å². The maximum Gasteiger partial charge on any atom is 0.107 e. The Bertz CT molecular complexity index is 240. The van der Waals surface area contributed by atoms with Crippen LogP contribution in [0.25, 0.3) is 0 Å². The van der Waals surface area contributed by atoms with Crippen LogP contribution in [-0.4, -0.2) is 11.2 Å². The Balaban J connectivity index is 1.91. The van der Waals surface area contributed by atoms with Gasteiger partial charge in [0.05, 0.1) is 0 Å². The van der Waals surface area contributed by atoms with E-state index in [4.69, 9.17) is 4.74 Å². The van der Waals surface area contributed by atoms with Gasteiger partial charge in [0, 0.05) is 5.41 Å². The van der Waals surface area contributed by atoms with Crippen molar-refractivity contribution in [3.63, 3.8) is 0 Å². The molecule has 1 aliphatic heterocycles. The van der Waals surface area contributed by atoms with E-state index in [1.807, 2.05) is 0 Å². The van der Waals surface area contributed by atoms with Gasteiger partial charge in [0.15, 0.2) is 0 Å². The SMILES string of the molecule is CC(C)C1(C)C23CCCCCC21O3. The van der Waals surface area contributed by atoms with E-state index >= 15 is 0 Å². The molecule has 2 aliphatic carbocycles. The highest BCUT2D eigenvalue weighted by Gasteiger charge is 3.00. The largest absolute Gasteiger partial charge is 0.361 e. The minimum atomic E-state index is 0.352. The molecule has 0 amide bonds. The van der Waals surface area contributed by atoms with Crippen LogP contribution in [0.3, 0.4) is 0 Å². The Morgan fingerprint density at radius 2 is 1.54 bits per heavy atom. The second kappa shape index (κ2) is 1.98. The molecule has 0 spiro atoms. The van der Waals surface area contributed by atoms with Crippen LogP contribution in [-0.2, 0) is 4.74 Å². The summed E-state index contributed by atoms with van der Waals surface area (Å²) in [5, 5.41) is 0. The zero-order valence-corrected chi connectivity index (χ0v) is 9.02. The normalized spacial score (nSPS) is 58.2. The molecule has 1 nitrogen and oxygen atoms in total. The smallest absolute Gasteiger partial charge is 0.107 e. The second-order valence-electron chi connectivity index (χ2n) is 5.67. The van der Waals surface area contributed by atoms with Crippen LogP contribution in [0.4, 0.5) is 0 Å². The molecule has 2 atom stereocenters. The predicted molar refractivity (Wildman–Crippen MR) is 52.6 cm³/mol. The van der Waals surface area contributed by atoms with Crippen LogP contribution in [0.15, 0.2) is 0 Å². The average molecular weight is 180 g/mol. The lowest BCUT2D eigenvalue weighted by Crippen LogP contribution is -2.30.